The molecule has 3 amide bonds. The quantitative estimate of drug-likeness (QED) is 0.739. The van der Waals surface area contributed by atoms with Gasteiger partial charge in [0.05, 0.1) is 6.04 Å². The van der Waals surface area contributed by atoms with Crippen LogP contribution in [0.3, 0.4) is 0 Å². The summed E-state index contributed by atoms with van der Waals surface area (Å²) in [7, 11) is 0. The van der Waals surface area contributed by atoms with Gasteiger partial charge in [0.15, 0.2) is 6.10 Å². The molecule has 0 aliphatic carbocycles. The van der Waals surface area contributed by atoms with Crippen LogP contribution in [-0.4, -0.2) is 76.7 Å². The minimum Gasteiger partial charge on any atom is -0.444 e. The molecule has 2 aliphatic rings. The normalized spacial score (nSPS) is 20.4. The van der Waals surface area contributed by atoms with Gasteiger partial charge in [0.25, 0.3) is 5.91 Å². The summed E-state index contributed by atoms with van der Waals surface area (Å²) in [5.74, 6) is -0.455. The zero-order valence-corrected chi connectivity index (χ0v) is 14.6. The first kappa shape index (κ1) is 18.5. The Bertz CT molecular complexity index is 498. The van der Waals surface area contributed by atoms with Crippen molar-refractivity contribution in [2.75, 3.05) is 26.2 Å². The van der Waals surface area contributed by atoms with Crippen LogP contribution in [0.2, 0.25) is 0 Å². The average molecular weight is 341 g/mol. The topological polar surface area (TPSA) is 99.2 Å². The minimum atomic E-state index is -1.40. The molecule has 2 fully saturated rings. The lowest BCUT2D eigenvalue weighted by molar-refractivity contribution is -0.146. The Balaban J connectivity index is 2.03. The Hall–Kier alpha value is -1.83. The first-order valence-corrected chi connectivity index (χ1v) is 8.41. The van der Waals surface area contributed by atoms with Crippen LogP contribution in [0.4, 0.5) is 4.79 Å². The summed E-state index contributed by atoms with van der Waals surface area (Å²) in [5.41, 5.74) is -0.690. The number of nitrogens with one attached hydrogen (secondary N) is 1. The maximum absolute atomic E-state index is 12.3. The molecule has 0 radical (unpaired) electrons. The predicted octanol–water partition coefficient (Wildman–Crippen LogP) is 0.0953. The van der Waals surface area contributed by atoms with Gasteiger partial charge in [-0.3, -0.25) is 9.59 Å². The lowest BCUT2D eigenvalue weighted by Gasteiger charge is -2.36. The van der Waals surface area contributed by atoms with E-state index in [1.54, 1.807) is 30.6 Å². The lowest BCUT2D eigenvalue weighted by atomic mass is 10.1. The number of carbonyl (C=O) groups is 3. The van der Waals surface area contributed by atoms with Crippen LogP contribution in [0.5, 0.6) is 0 Å². The monoisotopic (exact) mass is 341 g/mol. The second-order valence-electron chi connectivity index (χ2n) is 7.32. The fourth-order valence-corrected chi connectivity index (χ4v) is 2.71. The molecule has 2 rings (SSSR count). The molecule has 2 aliphatic heterocycles. The number of hydrogen-bond donors (Lipinski definition) is 2. The van der Waals surface area contributed by atoms with Crippen molar-refractivity contribution in [1.82, 2.24) is 15.1 Å². The van der Waals surface area contributed by atoms with E-state index >= 15 is 0 Å². The van der Waals surface area contributed by atoms with Crippen molar-refractivity contribution >= 4 is 17.9 Å². The van der Waals surface area contributed by atoms with E-state index in [2.05, 4.69) is 5.32 Å². The number of alkyl carbamates (subject to hydrolysis) is 1. The van der Waals surface area contributed by atoms with Crippen LogP contribution in [0, 0.1) is 0 Å². The smallest absolute Gasteiger partial charge is 0.408 e. The fraction of sp³-hybridized carbons (Fsp3) is 0.812. The first-order chi connectivity index (χ1) is 11.2. The Kier molecular flexibility index (Phi) is 5.69. The third-order valence-corrected chi connectivity index (χ3v) is 4.09. The van der Waals surface area contributed by atoms with E-state index < -0.39 is 29.7 Å². The van der Waals surface area contributed by atoms with Gasteiger partial charge < -0.3 is 25.0 Å². The molecular formula is C16H27N3O5. The Morgan fingerprint density at radius 1 is 1.25 bits per heavy atom. The molecule has 2 atom stereocenters. The number of aliphatic hydroxyl groups is 1. The number of hydrogen-bond acceptors (Lipinski definition) is 5. The van der Waals surface area contributed by atoms with Crippen molar-refractivity contribution in [3.05, 3.63) is 0 Å². The average Bonchev–Trinajstić information content (AvgIpc) is 2.78. The number of nitrogens with zero attached hydrogens (tertiary/aromatic N) is 2. The van der Waals surface area contributed by atoms with Gasteiger partial charge in [-0.25, -0.2) is 4.79 Å². The van der Waals surface area contributed by atoms with E-state index in [0.29, 0.717) is 26.1 Å². The van der Waals surface area contributed by atoms with Gasteiger partial charge in [-0.1, -0.05) is 0 Å². The van der Waals surface area contributed by atoms with E-state index in [4.69, 9.17) is 4.74 Å². The molecule has 2 N–H and O–H groups in total. The number of ether oxygens (including phenoxy) is 1. The molecule has 0 bridgehead atoms. The summed E-state index contributed by atoms with van der Waals surface area (Å²) >= 11 is 0. The molecule has 0 aromatic carbocycles. The summed E-state index contributed by atoms with van der Waals surface area (Å²) in [4.78, 5) is 39.2. The molecule has 136 valence electrons. The van der Waals surface area contributed by atoms with Crippen LogP contribution < -0.4 is 5.32 Å². The van der Waals surface area contributed by atoms with Crippen molar-refractivity contribution in [3.63, 3.8) is 0 Å². The third-order valence-electron chi connectivity index (χ3n) is 4.09. The van der Waals surface area contributed by atoms with Gasteiger partial charge in [0, 0.05) is 32.6 Å². The van der Waals surface area contributed by atoms with Crippen molar-refractivity contribution < 1.29 is 24.2 Å². The number of amides is 3. The molecule has 1 unspecified atom stereocenters. The number of likely N-dealkylation sites (tertiary alicyclic amines) is 2. The summed E-state index contributed by atoms with van der Waals surface area (Å²) in [6.07, 6.45) is -0.00250. The maximum atomic E-state index is 12.3. The van der Waals surface area contributed by atoms with Gasteiger partial charge in [0.2, 0.25) is 5.91 Å². The van der Waals surface area contributed by atoms with Crippen molar-refractivity contribution in [2.45, 2.75) is 57.8 Å². The second-order valence-corrected chi connectivity index (χ2v) is 7.32. The highest BCUT2D eigenvalue weighted by Gasteiger charge is 2.36. The molecule has 24 heavy (non-hydrogen) atoms. The zero-order valence-electron chi connectivity index (χ0n) is 14.6. The standard InChI is InChI=1S/C16H27N3O5/c1-16(2,3)24-15(23)17-11(10-19-7-4-6-12(19)20)13(21)14(22)18-8-5-9-18/h11,13,21H,4-10H2,1-3H3,(H,17,23)/t11-,13?/m0/s1. The van der Waals surface area contributed by atoms with Gasteiger partial charge in [-0.05, 0) is 33.6 Å². The molecule has 8 heteroatoms. The van der Waals surface area contributed by atoms with Crippen LogP contribution in [0.25, 0.3) is 0 Å². The van der Waals surface area contributed by atoms with Crippen LogP contribution >= 0.6 is 0 Å². The Labute approximate surface area is 142 Å². The van der Waals surface area contributed by atoms with Crippen molar-refractivity contribution in [2.24, 2.45) is 0 Å². The molecule has 2 heterocycles. The summed E-state index contributed by atoms with van der Waals surface area (Å²) in [5, 5.41) is 13.0. The Morgan fingerprint density at radius 3 is 2.38 bits per heavy atom. The maximum Gasteiger partial charge on any atom is 0.408 e. The largest absolute Gasteiger partial charge is 0.444 e. The summed E-state index contributed by atoms with van der Waals surface area (Å²) in [6.45, 7) is 7.07. The molecule has 2 saturated heterocycles. The summed E-state index contributed by atoms with van der Waals surface area (Å²) in [6, 6.07) is -0.894. The lowest BCUT2D eigenvalue weighted by Crippen LogP contribution is -2.58. The number of aliphatic hydroxyl groups excluding tert-OH is 1. The van der Waals surface area contributed by atoms with Gasteiger partial charge >= 0.3 is 6.09 Å². The van der Waals surface area contributed by atoms with Crippen molar-refractivity contribution in [3.8, 4) is 0 Å². The summed E-state index contributed by atoms with van der Waals surface area (Å²) < 4.78 is 5.20. The molecule has 0 spiro atoms. The third kappa shape index (κ3) is 4.83. The van der Waals surface area contributed by atoms with E-state index in [1.165, 1.54) is 0 Å². The van der Waals surface area contributed by atoms with E-state index in [0.717, 1.165) is 12.8 Å². The predicted molar refractivity (Wildman–Crippen MR) is 86.2 cm³/mol. The van der Waals surface area contributed by atoms with Gasteiger partial charge in [-0.2, -0.15) is 0 Å². The molecule has 0 aromatic heterocycles. The zero-order chi connectivity index (χ0) is 17.9. The van der Waals surface area contributed by atoms with E-state index in [1.807, 2.05) is 0 Å². The first-order valence-electron chi connectivity index (χ1n) is 8.41. The fourth-order valence-electron chi connectivity index (χ4n) is 2.71. The highest BCUT2D eigenvalue weighted by Crippen LogP contribution is 2.15. The van der Waals surface area contributed by atoms with Gasteiger partial charge in [-0.15, -0.1) is 0 Å². The molecule has 0 aromatic rings. The van der Waals surface area contributed by atoms with Crippen LogP contribution in [0.15, 0.2) is 0 Å². The van der Waals surface area contributed by atoms with E-state index in [9.17, 15) is 19.5 Å². The van der Waals surface area contributed by atoms with Crippen LogP contribution in [-0.2, 0) is 14.3 Å². The SMILES string of the molecule is CC(C)(C)OC(=O)N[C@@H](CN1CCCC1=O)C(O)C(=O)N1CCC1. The highest BCUT2D eigenvalue weighted by molar-refractivity contribution is 5.83. The number of rotatable bonds is 5. The molecule has 0 saturated carbocycles. The minimum absolute atomic E-state index is 0.0328. The Morgan fingerprint density at radius 2 is 1.92 bits per heavy atom. The highest BCUT2D eigenvalue weighted by atomic mass is 16.6. The second kappa shape index (κ2) is 7.38. The molecule has 8 nitrogen and oxygen atoms in total. The van der Waals surface area contributed by atoms with Gasteiger partial charge in [0.1, 0.15) is 5.60 Å². The van der Waals surface area contributed by atoms with Crippen LogP contribution in [0.1, 0.15) is 40.0 Å². The van der Waals surface area contributed by atoms with E-state index in [-0.39, 0.29) is 12.5 Å². The van der Waals surface area contributed by atoms with Crippen molar-refractivity contribution in [1.29, 1.82) is 0 Å². The number of carbonyl (C=O) groups excluding carboxylic acids is 3. The molecular weight excluding hydrogens is 314 g/mol.